The van der Waals surface area contributed by atoms with E-state index < -0.39 is 0 Å². The zero-order chi connectivity index (χ0) is 18.5. The van der Waals surface area contributed by atoms with Crippen molar-refractivity contribution in [2.24, 2.45) is 0 Å². The summed E-state index contributed by atoms with van der Waals surface area (Å²) in [7, 11) is 1.91. The van der Waals surface area contributed by atoms with Crippen LogP contribution in [0.15, 0.2) is 60.8 Å². The number of aryl methyl sites for hydroxylation is 1. The molecule has 0 bridgehead atoms. The molecule has 0 fully saturated rings. The van der Waals surface area contributed by atoms with E-state index in [0.717, 1.165) is 22.4 Å². The third-order valence-electron chi connectivity index (χ3n) is 4.33. The molecule has 0 spiro atoms. The maximum Gasteiger partial charge on any atom is 0.274 e. The lowest BCUT2D eigenvalue weighted by atomic mass is 10.1. The number of amides is 1. The van der Waals surface area contributed by atoms with Gasteiger partial charge in [-0.25, -0.2) is 9.97 Å². The minimum absolute atomic E-state index is 0.240. The van der Waals surface area contributed by atoms with Crippen molar-refractivity contribution in [2.45, 2.75) is 20.4 Å². The second-order valence-electron chi connectivity index (χ2n) is 6.29. The molecule has 0 unspecified atom stereocenters. The van der Waals surface area contributed by atoms with Crippen molar-refractivity contribution < 1.29 is 4.79 Å². The fraction of sp³-hybridized carbons (Fsp3) is 0.190. The maximum absolute atomic E-state index is 12.6. The Morgan fingerprint density at radius 2 is 1.81 bits per heavy atom. The van der Waals surface area contributed by atoms with Crippen LogP contribution in [0.5, 0.6) is 0 Å². The summed E-state index contributed by atoms with van der Waals surface area (Å²) < 4.78 is 0. The molecule has 1 aromatic heterocycles. The lowest BCUT2D eigenvalue weighted by Crippen LogP contribution is -2.21. The summed E-state index contributed by atoms with van der Waals surface area (Å²) in [5.74, 6) is 0.276. The van der Waals surface area contributed by atoms with E-state index in [2.05, 4.69) is 15.3 Å². The molecule has 0 radical (unpaired) electrons. The minimum atomic E-state index is -0.240. The van der Waals surface area contributed by atoms with Gasteiger partial charge in [-0.05, 0) is 42.7 Å². The first-order chi connectivity index (χ1) is 12.5. The molecular formula is C21H22N4O. The molecule has 5 heteroatoms. The van der Waals surface area contributed by atoms with E-state index in [4.69, 9.17) is 0 Å². The lowest BCUT2D eigenvalue weighted by molar-refractivity contribution is 0.102. The van der Waals surface area contributed by atoms with Crippen LogP contribution >= 0.6 is 0 Å². The molecule has 2 aromatic carbocycles. The number of anilines is 2. The van der Waals surface area contributed by atoms with Crippen LogP contribution in [0.4, 0.5) is 11.6 Å². The molecule has 26 heavy (non-hydrogen) atoms. The predicted octanol–water partition coefficient (Wildman–Crippen LogP) is 3.98. The van der Waals surface area contributed by atoms with Gasteiger partial charge in [0.2, 0.25) is 5.95 Å². The van der Waals surface area contributed by atoms with Crippen molar-refractivity contribution >= 4 is 17.5 Å². The van der Waals surface area contributed by atoms with E-state index in [1.807, 2.05) is 74.3 Å². The van der Waals surface area contributed by atoms with Crippen LogP contribution in [0.1, 0.15) is 27.2 Å². The van der Waals surface area contributed by atoms with Crippen molar-refractivity contribution in [2.75, 3.05) is 17.3 Å². The topological polar surface area (TPSA) is 58.1 Å². The molecule has 3 aromatic rings. The number of aromatic nitrogens is 2. The quantitative estimate of drug-likeness (QED) is 0.759. The van der Waals surface area contributed by atoms with Crippen molar-refractivity contribution in [3.63, 3.8) is 0 Å². The highest BCUT2D eigenvalue weighted by molar-refractivity contribution is 6.03. The summed E-state index contributed by atoms with van der Waals surface area (Å²) >= 11 is 0. The van der Waals surface area contributed by atoms with Crippen molar-refractivity contribution in [3.05, 3.63) is 83.2 Å². The van der Waals surface area contributed by atoms with Crippen LogP contribution in [0.25, 0.3) is 0 Å². The Morgan fingerprint density at radius 3 is 2.58 bits per heavy atom. The van der Waals surface area contributed by atoms with E-state index >= 15 is 0 Å². The molecule has 132 valence electrons. The highest BCUT2D eigenvalue weighted by Crippen LogP contribution is 2.19. The molecule has 0 saturated carbocycles. The molecule has 5 nitrogen and oxygen atoms in total. The van der Waals surface area contributed by atoms with E-state index in [1.54, 1.807) is 12.3 Å². The molecule has 0 saturated heterocycles. The Balaban J connectivity index is 1.76. The molecule has 3 rings (SSSR count). The summed E-state index contributed by atoms with van der Waals surface area (Å²) in [6, 6.07) is 17.5. The van der Waals surface area contributed by atoms with Crippen LogP contribution in [0, 0.1) is 13.8 Å². The van der Waals surface area contributed by atoms with Gasteiger partial charge >= 0.3 is 0 Å². The highest BCUT2D eigenvalue weighted by atomic mass is 16.1. The average Bonchev–Trinajstić information content (AvgIpc) is 2.66. The van der Waals surface area contributed by atoms with Crippen LogP contribution in [-0.4, -0.2) is 22.9 Å². The molecule has 1 amide bonds. The van der Waals surface area contributed by atoms with Gasteiger partial charge in [-0.3, -0.25) is 4.79 Å². The lowest BCUT2D eigenvalue weighted by Gasteiger charge is -2.17. The fourth-order valence-electron chi connectivity index (χ4n) is 2.66. The van der Waals surface area contributed by atoms with Crippen LogP contribution < -0.4 is 10.2 Å². The molecule has 0 aliphatic carbocycles. The zero-order valence-corrected chi connectivity index (χ0v) is 15.2. The third-order valence-corrected chi connectivity index (χ3v) is 4.33. The number of hydrogen-bond donors (Lipinski definition) is 1. The largest absolute Gasteiger partial charge is 0.340 e. The van der Waals surface area contributed by atoms with Gasteiger partial charge in [-0.1, -0.05) is 42.5 Å². The number of benzene rings is 2. The van der Waals surface area contributed by atoms with Crippen molar-refractivity contribution in [1.82, 2.24) is 9.97 Å². The van der Waals surface area contributed by atoms with Crippen LogP contribution in [0.3, 0.4) is 0 Å². The number of carbonyl (C=O) groups excluding carboxylic acids is 1. The predicted molar refractivity (Wildman–Crippen MR) is 104 cm³/mol. The molecule has 0 atom stereocenters. The fourth-order valence-corrected chi connectivity index (χ4v) is 2.66. The van der Waals surface area contributed by atoms with Crippen LogP contribution in [0.2, 0.25) is 0 Å². The van der Waals surface area contributed by atoms with Gasteiger partial charge in [0.25, 0.3) is 5.91 Å². The number of nitrogens with zero attached hydrogens (tertiary/aromatic N) is 3. The van der Waals surface area contributed by atoms with Gasteiger partial charge < -0.3 is 10.2 Å². The summed E-state index contributed by atoms with van der Waals surface area (Å²) in [4.78, 5) is 23.2. The highest BCUT2D eigenvalue weighted by Gasteiger charge is 2.13. The first-order valence-electron chi connectivity index (χ1n) is 8.50. The third kappa shape index (κ3) is 4.06. The van der Waals surface area contributed by atoms with E-state index in [9.17, 15) is 4.79 Å². The monoisotopic (exact) mass is 346 g/mol. The van der Waals surface area contributed by atoms with Gasteiger partial charge in [0.15, 0.2) is 0 Å². The van der Waals surface area contributed by atoms with E-state index in [-0.39, 0.29) is 5.91 Å². The second-order valence-corrected chi connectivity index (χ2v) is 6.29. The number of nitrogens with one attached hydrogen (secondary N) is 1. The molecule has 1 heterocycles. The van der Waals surface area contributed by atoms with Crippen molar-refractivity contribution in [3.8, 4) is 0 Å². The van der Waals surface area contributed by atoms with Gasteiger partial charge in [0, 0.05) is 25.5 Å². The standard InChI is InChI=1S/C21H22N4O/c1-15-8-7-11-18(16(15)2)23-20(26)19-12-13-22-21(24-19)25(3)14-17-9-5-4-6-10-17/h4-13H,14H2,1-3H3,(H,23,26). The van der Waals surface area contributed by atoms with Gasteiger partial charge in [-0.15, -0.1) is 0 Å². The average molecular weight is 346 g/mol. The Bertz CT molecular complexity index is 909. The Morgan fingerprint density at radius 1 is 1.04 bits per heavy atom. The van der Waals surface area contributed by atoms with E-state index in [0.29, 0.717) is 18.2 Å². The first-order valence-corrected chi connectivity index (χ1v) is 8.50. The van der Waals surface area contributed by atoms with Gasteiger partial charge in [-0.2, -0.15) is 0 Å². The Labute approximate surface area is 153 Å². The summed E-state index contributed by atoms with van der Waals surface area (Å²) in [6.07, 6.45) is 1.61. The Hall–Kier alpha value is -3.21. The maximum atomic E-state index is 12.6. The normalized spacial score (nSPS) is 10.4. The SMILES string of the molecule is Cc1cccc(NC(=O)c2ccnc(N(C)Cc3ccccc3)n2)c1C. The summed E-state index contributed by atoms with van der Waals surface area (Å²) in [6.45, 7) is 4.68. The Kier molecular flexibility index (Phi) is 5.27. The first kappa shape index (κ1) is 17.6. The van der Waals surface area contributed by atoms with Gasteiger partial charge in [0.05, 0.1) is 0 Å². The van der Waals surface area contributed by atoms with Crippen LogP contribution in [-0.2, 0) is 6.54 Å². The molecule has 0 aliphatic heterocycles. The van der Waals surface area contributed by atoms with Gasteiger partial charge in [0.1, 0.15) is 5.69 Å². The second kappa shape index (κ2) is 7.78. The number of rotatable bonds is 5. The minimum Gasteiger partial charge on any atom is -0.340 e. The summed E-state index contributed by atoms with van der Waals surface area (Å²) in [5, 5.41) is 2.94. The smallest absolute Gasteiger partial charge is 0.274 e. The zero-order valence-electron chi connectivity index (χ0n) is 15.2. The number of carbonyl (C=O) groups is 1. The molecule has 0 aliphatic rings. The van der Waals surface area contributed by atoms with E-state index in [1.165, 1.54) is 0 Å². The number of hydrogen-bond acceptors (Lipinski definition) is 4. The summed E-state index contributed by atoms with van der Waals surface area (Å²) in [5.41, 5.74) is 4.48. The van der Waals surface area contributed by atoms with Crippen molar-refractivity contribution in [1.29, 1.82) is 0 Å². The molecular weight excluding hydrogens is 324 g/mol. The molecule has 1 N–H and O–H groups in total.